The first kappa shape index (κ1) is 15.5. The Balaban J connectivity index is 2.13. The molecule has 23 heavy (non-hydrogen) atoms. The Morgan fingerprint density at radius 3 is 2.70 bits per heavy atom. The van der Waals surface area contributed by atoms with Gasteiger partial charge in [0.05, 0.1) is 5.69 Å². The molecule has 3 rings (SSSR count). The van der Waals surface area contributed by atoms with Crippen LogP contribution < -0.4 is 0 Å². The van der Waals surface area contributed by atoms with Crippen LogP contribution in [0.2, 0.25) is 0 Å². The second-order valence-electron chi connectivity index (χ2n) is 5.42. The normalized spacial score (nSPS) is 21.8. The quantitative estimate of drug-likeness (QED) is 0.872. The van der Waals surface area contributed by atoms with Crippen molar-refractivity contribution in [3.8, 4) is 0 Å². The summed E-state index contributed by atoms with van der Waals surface area (Å²) < 4.78 is 41.1. The number of rotatable bonds is 1. The summed E-state index contributed by atoms with van der Waals surface area (Å²) in [6, 6.07) is 4.94. The summed E-state index contributed by atoms with van der Waals surface area (Å²) in [6.07, 6.45) is -4.29. The van der Waals surface area contributed by atoms with Crippen LogP contribution in [0.25, 0.3) is 5.65 Å². The highest BCUT2D eigenvalue weighted by atomic mass is 19.4. The third-order valence-corrected chi connectivity index (χ3v) is 3.68. The van der Waals surface area contributed by atoms with E-state index >= 15 is 0 Å². The summed E-state index contributed by atoms with van der Waals surface area (Å²) in [5, 5.41) is 13.7. The Morgan fingerprint density at radius 1 is 1.35 bits per heavy atom. The minimum Gasteiger partial charge on any atom is -0.362 e. The smallest absolute Gasteiger partial charge is 0.362 e. The summed E-state index contributed by atoms with van der Waals surface area (Å²) in [4.78, 5) is 16.8. The number of hydrogen-bond acceptors (Lipinski definition) is 4. The number of amides is 1. The van der Waals surface area contributed by atoms with Gasteiger partial charge in [-0.15, -0.1) is 0 Å². The first-order chi connectivity index (χ1) is 10.6. The topological polar surface area (TPSA) is 70.2 Å². The van der Waals surface area contributed by atoms with Gasteiger partial charge in [0, 0.05) is 18.3 Å². The van der Waals surface area contributed by atoms with Gasteiger partial charge in [-0.2, -0.15) is 23.3 Å². The summed E-state index contributed by atoms with van der Waals surface area (Å²) in [6.45, 7) is 2.84. The van der Waals surface area contributed by atoms with Gasteiger partial charge in [0.25, 0.3) is 11.6 Å². The molecule has 0 aromatic carbocycles. The first-order valence-corrected chi connectivity index (χ1v) is 6.76. The van der Waals surface area contributed by atoms with E-state index in [1.807, 2.05) is 0 Å². The highest BCUT2D eigenvalue weighted by Gasteiger charge is 2.63. The summed E-state index contributed by atoms with van der Waals surface area (Å²) in [7, 11) is 0. The molecule has 1 amide bonds. The number of aryl methyl sites for hydroxylation is 1. The number of nitrogens with zero attached hydrogens (tertiary/aromatic N) is 4. The van der Waals surface area contributed by atoms with E-state index in [1.165, 1.54) is 24.4 Å². The van der Waals surface area contributed by atoms with Crippen LogP contribution in [0.15, 0.2) is 29.5 Å². The molecule has 3 heterocycles. The third kappa shape index (κ3) is 2.19. The van der Waals surface area contributed by atoms with Crippen LogP contribution in [0.4, 0.5) is 13.2 Å². The van der Waals surface area contributed by atoms with Crippen LogP contribution in [-0.4, -0.2) is 43.0 Å². The number of halogens is 3. The van der Waals surface area contributed by atoms with Gasteiger partial charge in [-0.05, 0) is 26.0 Å². The zero-order valence-corrected chi connectivity index (χ0v) is 12.3. The highest BCUT2D eigenvalue weighted by Crippen LogP contribution is 2.41. The van der Waals surface area contributed by atoms with E-state index in [0.717, 1.165) is 0 Å². The predicted molar refractivity (Wildman–Crippen MR) is 74.8 cm³/mol. The average molecular weight is 326 g/mol. The zero-order chi connectivity index (χ0) is 17.0. The number of aliphatic hydroxyl groups is 1. The SMILES string of the molecule is CC1=NN(C(=O)c2c(C)nc3ccccn23)C(O)(C(F)(F)F)C1. The van der Waals surface area contributed by atoms with Crippen molar-refractivity contribution in [2.75, 3.05) is 0 Å². The van der Waals surface area contributed by atoms with Gasteiger partial charge < -0.3 is 5.11 Å². The molecule has 9 heteroatoms. The zero-order valence-electron chi connectivity index (χ0n) is 12.3. The van der Waals surface area contributed by atoms with Crippen molar-refractivity contribution in [1.82, 2.24) is 14.4 Å². The molecule has 0 radical (unpaired) electrons. The van der Waals surface area contributed by atoms with Crippen LogP contribution >= 0.6 is 0 Å². The van der Waals surface area contributed by atoms with Crippen molar-refractivity contribution >= 4 is 17.3 Å². The minimum atomic E-state index is -5.03. The van der Waals surface area contributed by atoms with Gasteiger partial charge >= 0.3 is 6.18 Å². The van der Waals surface area contributed by atoms with E-state index in [2.05, 4.69) is 10.1 Å². The van der Waals surface area contributed by atoms with Gasteiger partial charge in [-0.3, -0.25) is 9.20 Å². The lowest BCUT2D eigenvalue weighted by Gasteiger charge is -2.32. The number of imidazole rings is 1. The number of alkyl halides is 3. The molecule has 0 spiro atoms. The summed E-state index contributed by atoms with van der Waals surface area (Å²) in [5.74, 6) is -1.06. The maximum Gasteiger partial charge on any atom is 0.438 e. The van der Waals surface area contributed by atoms with Gasteiger partial charge in [0.2, 0.25) is 0 Å². The third-order valence-electron chi connectivity index (χ3n) is 3.68. The van der Waals surface area contributed by atoms with E-state index in [9.17, 15) is 23.1 Å². The average Bonchev–Trinajstić information content (AvgIpc) is 2.94. The second-order valence-corrected chi connectivity index (χ2v) is 5.42. The Labute approximate surface area is 128 Å². The van der Waals surface area contributed by atoms with Crippen molar-refractivity contribution in [3.05, 3.63) is 35.8 Å². The molecule has 2 aromatic rings. The Bertz CT molecular complexity index is 827. The Hall–Kier alpha value is -2.42. The molecule has 0 saturated heterocycles. The van der Waals surface area contributed by atoms with E-state index in [-0.39, 0.29) is 22.1 Å². The van der Waals surface area contributed by atoms with Crippen molar-refractivity contribution in [2.45, 2.75) is 32.2 Å². The number of fused-ring (bicyclic) bond motifs is 1. The molecule has 1 unspecified atom stereocenters. The Kier molecular flexibility index (Phi) is 3.22. The molecule has 1 N–H and O–H groups in total. The molecule has 0 aliphatic carbocycles. The van der Waals surface area contributed by atoms with Gasteiger partial charge in [-0.1, -0.05) is 6.07 Å². The molecule has 1 aliphatic heterocycles. The molecule has 6 nitrogen and oxygen atoms in total. The molecular weight excluding hydrogens is 313 g/mol. The van der Waals surface area contributed by atoms with Crippen LogP contribution in [0.5, 0.6) is 0 Å². The summed E-state index contributed by atoms with van der Waals surface area (Å²) >= 11 is 0. The fraction of sp³-hybridized carbons (Fsp3) is 0.357. The predicted octanol–water partition coefficient (Wildman–Crippen LogP) is 2.12. The van der Waals surface area contributed by atoms with Crippen LogP contribution in [0, 0.1) is 6.92 Å². The number of carbonyl (C=O) groups excluding carboxylic acids is 1. The monoisotopic (exact) mass is 326 g/mol. The maximum absolute atomic E-state index is 13.2. The lowest BCUT2D eigenvalue weighted by molar-refractivity contribution is -0.297. The van der Waals surface area contributed by atoms with Crippen LogP contribution in [0.3, 0.4) is 0 Å². The highest BCUT2D eigenvalue weighted by molar-refractivity contribution is 5.98. The van der Waals surface area contributed by atoms with Crippen molar-refractivity contribution < 1.29 is 23.1 Å². The first-order valence-electron chi connectivity index (χ1n) is 6.76. The molecule has 1 atom stereocenters. The molecule has 0 fully saturated rings. The molecule has 122 valence electrons. The molecular formula is C14H13F3N4O2. The van der Waals surface area contributed by atoms with Gasteiger partial charge in [0.15, 0.2) is 0 Å². The van der Waals surface area contributed by atoms with Crippen molar-refractivity contribution in [2.24, 2.45) is 5.10 Å². The van der Waals surface area contributed by atoms with Crippen molar-refractivity contribution in [1.29, 1.82) is 0 Å². The summed E-state index contributed by atoms with van der Waals surface area (Å²) in [5.41, 5.74) is -2.72. The van der Waals surface area contributed by atoms with Gasteiger partial charge in [-0.25, -0.2) is 4.98 Å². The fourth-order valence-electron chi connectivity index (χ4n) is 2.63. The second kappa shape index (κ2) is 4.79. The number of hydrogen-bond donors (Lipinski definition) is 1. The fourth-order valence-corrected chi connectivity index (χ4v) is 2.63. The van der Waals surface area contributed by atoms with Crippen LogP contribution in [-0.2, 0) is 0 Å². The molecule has 0 bridgehead atoms. The Morgan fingerprint density at radius 2 is 2.04 bits per heavy atom. The minimum absolute atomic E-state index is 0.0182. The largest absolute Gasteiger partial charge is 0.438 e. The lowest BCUT2D eigenvalue weighted by Crippen LogP contribution is -2.56. The molecule has 1 aliphatic rings. The lowest BCUT2D eigenvalue weighted by atomic mass is 10.1. The van der Waals surface area contributed by atoms with E-state index in [1.54, 1.807) is 18.2 Å². The number of pyridine rings is 1. The molecule has 0 saturated carbocycles. The standard InChI is InChI=1S/C14H13F3N4O2/c1-8-7-13(23,14(15,16)17)21(19-8)12(22)11-9(2)18-10-5-3-4-6-20(10)11/h3-6,23H,7H2,1-2H3. The maximum atomic E-state index is 13.2. The number of hydrazone groups is 1. The number of aromatic nitrogens is 2. The van der Waals surface area contributed by atoms with E-state index in [0.29, 0.717) is 5.65 Å². The van der Waals surface area contributed by atoms with E-state index in [4.69, 9.17) is 0 Å². The van der Waals surface area contributed by atoms with Crippen molar-refractivity contribution in [3.63, 3.8) is 0 Å². The van der Waals surface area contributed by atoms with E-state index < -0.39 is 24.2 Å². The number of carbonyl (C=O) groups is 1. The molecule has 2 aromatic heterocycles. The van der Waals surface area contributed by atoms with Gasteiger partial charge in [0.1, 0.15) is 11.3 Å². The van der Waals surface area contributed by atoms with Crippen LogP contribution in [0.1, 0.15) is 29.5 Å².